The summed E-state index contributed by atoms with van der Waals surface area (Å²) in [5.41, 5.74) is 2.22. The molecule has 0 aliphatic carbocycles. The largest absolute Gasteiger partial charge is 0.337 e. The highest BCUT2D eigenvalue weighted by Crippen LogP contribution is 2.14. The van der Waals surface area contributed by atoms with Gasteiger partial charge in [-0.05, 0) is 25.8 Å². The Morgan fingerprint density at radius 2 is 1.95 bits per heavy atom. The van der Waals surface area contributed by atoms with Gasteiger partial charge >= 0.3 is 0 Å². The molecule has 1 saturated heterocycles. The zero-order chi connectivity index (χ0) is 13.2. The number of carbonyl (C=O) groups excluding carboxylic acids is 1. The fourth-order valence-corrected chi connectivity index (χ4v) is 2.61. The van der Waals surface area contributed by atoms with Crippen LogP contribution >= 0.6 is 0 Å². The molecule has 1 aliphatic rings. The lowest BCUT2D eigenvalue weighted by molar-refractivity contribution is 0.0752. The normalized spacial score (nSPS) is 16.6. The Hall–Kier alpha value is -1.91. The van der Waals surface area contributed by atoms with Crippen molar-refractivity contribution in [2.45, 2.75) is 32.6 Å². The molecule has 0 aromatic carbocycles. The van der Waals surface area contributed by atoms with Crippen molar-refractivity contribution < 1.29 is 4.79 Å². The Kier molecular flexibility index (Phi) is 3.19. The smallest absolute Gasteiger partial charge is 0.272 e. The van der Waals surface area contributed by atoms with E-state index in [0.29, 0.717) is 5.69 Å². The summed E-state index contributed by atoms with van der Waals surface area (Å²) >= 11 is 0. The van der Waals surface area contributed by atoms with Crippen LogP contribution in [0.3, 0.4) is 0 Å². The molecule has 5 heteroatoms. The zero-order valence-electron chi connectivity index (χ0n) is 11.2. The van der Waals surface area contributed by atoms with E-state index in [2.05, 4.69) is 10.1 Å². The molecule has 3 heterocycles. The molecule has 0 N–H and O–H groups in total. The standard InChI is InChI=1S/C14H18N4O/c1-11-10-13-15-7-6-12(18(13)16-11)14(19)17-8-4-2-3-5-9-17/h6-7,10H,2-5,8-9H2,1H3. The van der Waals surface area contributed by atoms with Gasteiger partial charge < -0.3 is 4.90 Å². The van der Waals surface area contributed by atoms with Crippen molar-refractivity contribution in [1.82, 2.24) is 19.5 Å². The summed E-state index contributed by atoms with van der Waals surface area (Å²) < 4.78 is 1.66. The first kappa shape index (κ1) is 12.1. The highest BCUT2D eigenvalue weighted by molar-refractivity contribution is 5.93. The van der Waals surface area contributed by atoms with Gasteiger partial charge in [0.25, 0.3) is 5.91 Å². The summed E-state index contributed by atoms with van der Waals surface area (Å²) in [6.45, 7) is 3.61. The maximum absolute atomic E-state index is 12.6. The minimum atomic E-state index is 0.0670. The molecule has 0 bridgehead atoms. The molecular formula is C14H18N4O. The van der Waals surface area contributed by atoms with Crippen molar-refractivity contribution in [3.8, 4) is 0 Å². The van der Waals surface area contributed by atoms with Gasteiger partial charge in [0, 0.05) is 25.4 Å². The Balaban J connectivity index is 1.96. The summed E-state index contributed by atoms with van der Waals surface area (Å²) in [4.78, 5) is 18.8. The molecule has 5 nitrogen and oxygen atoms in total. The van der Waals surface area contributed by atoms with E-state index in [9.17, 15) is 4.79 Å². The number of hydrogen-bond donors (Lipinski definition) is 0. The van der Waals surface area contributed by atoms with Crippen LogP contribution in [0.25, 0.3) is 5.65 Å². The van der Waals surface area contributed by atoms with Gasteiger partial charge in [-0.1, -0.05) is 12.8 Å². The topological polar surface area (TPSA) is 50.5 Å². The van der Waals surface area contributed by atoms with Crippen molar-refractivity contribution in [2.24, 2.45) is 0 Å². The molecular weight excluding hydrogens is 240 g/mol. The third-order valence-electron chi connectivity index (χ3n) is 3.59. The number of likely N-dealkylation sites (tertiary alicyclic amines) is 1. The van der Waals surface area contributed by atoms with Crippen LogP contribution in [0, 0.1) is 6.92 Å². The van der Waals surface area contributed by atoms with Crippen molar-refractivity contribution >= 4 is 11.6 Å². The van der Waals surface area contributed by atoms with E-state index in [0.717, 1.165) is 37.3 Å². The van der Waals surface area contributed by atoms with E-state index in [1.807, 2.05) is 17.9 Å². The van der Waals surface area contributed by atoms with E-state index in [4.69, 9.17) is 0 Å². The average Bonchev–Trinajstić information content (AvgIpc) is 2.63. The van der Waals surface area contributed by atoms with Crippen molar-refractivity contribution in [2.75, 3.05) is 13.1 Å². The quantitative estimate of drug-likeness (QED) is 0.786. The van der Waals surface area contributed by atoms with Gasteiger partial charge in [0.2, 0.25) is 0 Å². The fourth-order valence-electron chi connectivity index (χ4n) is 2.61. The van der Waals surface area contributed by atoms with Crippen LogP contribution in [-0.2, 0) is 0 Å². The van der Waals surface area contributed by atoms with Crippen LogP contribution < -0.4 is 0 Å². The number of hydrogen-bond acceptors (Lipinski definition) is 3. The highest BCUT2D eigenvalue weighted by Gasteiger charge is 2.20. The minimum Gasteiger partial charge on any atom is -0.337 e. The number of fused-ring (bicyclic) bond motifs is 1. The van der Waals surface area contributed by atoms with Crippen molar-refractivity contribution in [3.05, 3.63) is 29.7 Å². The van der Waals surface area contributed by atoms with Gasteiger partial charge in [-0.25, -0.2) is 9.50 Å². The van der Waals surface area contributed by atoms with E-state index in [1.165, 1.54) is 12.8 Å². The molecule has 1 amide bonds. The minimum absolute atomic E-state index is 0.0670. The lowest BCUT2D eigenvalue weighted by Crippen LogP contribution is -2.33. The number of carbonyl (C=O) groups is 1. The first-order valence-electron chi connectivity index (χ1n) is 6.86. The molecule has 0 saturated carbocycles. The lowest BCUT2D eigenvalue weighted by Gasteiger charge is -2.20. The number of aryl methyl sites for hydroxylation is 1. The maximum atomic E-state index is 12.6. The second-order valence-electron chi connectivity index (χ2n) is 5.09. The third-order valence-corrected chi connectivity index (χ3v) is 3.59. The Morgan fingerprint density at radius 1 is 1.21 bits per heavy atom. The van der Waals surface area contributed by atoms with E-state index < -0.39 is 0 Å². The van der Waals surface area contributed by atoms with Crippen LogP contribution in [0.4, 0.5) is 0 Å². The van der Waals surface area contributed by atoms with Gasteiger partial charge in [-0.2, -0.15) is 5.10 Å². The number of nitrogens with zero attached hydrogens (tertiary/aromatic N) is 4. The van der Waals surface area contributed by atoms with Crippen molar-refractivity contribution in [1.29, 1.82) is 0 Å². The number of rotatable bonds is 1. The van der Waals surface area contributed by atoms with E-state index >= 15 is 0 Å². The molecule has 3 rings (SSSR count). The summed E-state index contributed by atoms with van der Waals surface area (Å²) in [6, 6.07) is 3.64. The lowest BCUT2D eigenvalue weighted by atomic mass is 10.2. The number of amides is 1. The molecule has 2 aromatic rings. The van der Waals surface area contributed by atoms with Crippen LogP contribution in [0.2, 0.25) is 0 Å². The van der Waals surface area contributed by atoms with Crippen molar-refractivity contribution in [3.63, 3.8) is 0 Å². The maximum Gasteiger partial charge on any atom is 0.272 e. The summed E-state index contributed by atoms with van der Waals surface area (Å²) in [5.74, 6) is 0.0670. The van der Waals surface area contributed by atoms with E-state index in [1.54, 1.807) is 16.8 Å². The van der Waals surface area contributed by atoms with Crippen LogP contribution in [-0.4, -0.2) is 38.5 Å². The van der Waals surface area contributed by atoms with Crippen LogP contribution in [0.1, 0.15) is 41.9 Å². The van der Waals surface area contributed by atoms with Gasteiger partial charge in [0.05, 0.1) is 5.69 Å². The van der Waals surface area contributed by atoms with Gasteiger partial charge in [-0.15, -0.1) is 0 Å². The van der Waals surface area contributed by atoms with Crippen LogP contribution in [0.15, 0.2) is 18.3 Å². The van der Waals surface area contributed by atoms with Gasteiger partial charge in [0.15, 0.2) is 5.65 Å². The predicted molar refractivity (Wildman–Crippen MR) is 72.1 cm³/mol. The Morgan fingerprint density at radius 3 is 2.68 bits per heavy atom. The zero-order valence-corrected chi connectivity index (χ0v) is 11.2. The number of aromatic nitrogens is 3. The molecule has 100 valence electrons. The molecule has 2 aromatic heterocycles. The molecule has 1 fully saturated rings. The highest BCUT2D eigenvalue weighted by atomic mass is 16.2. The Bertz CT molecular complexity index is 597. The second kappa shape index (κ2) is 4.99. The SMILES string of the molecule is Cc1cc2nccc(C(=O)N3CCCCCC3)n2n1. The van der Waals surface area contributed by atoms with E-state index in [-0.39, 0.29) is 5.91 Å². The molecule has 1 aliphatic heterocycles. The molecule has 19 heavy (non-hydrogen) atoms. The fraction of sp³-hybridized carbons (Fsp3) is 0.500. The first-order chi connectivity index (χ1) is 9.25. The first-order valence-corrected chi connectivity index (χ1v) is 6.86. The second-order valence-corrected chi connectivity index (χ2v) is 5.09. The van der Waals surface area contributed by atoms with Crippen LogP contribution in [0.5, 0.6) is 0 Å². The van der Waals surface area contributed by atoms with Gasteiger partial charge in [0.1, 0.15) is 5.69 Å². The molecule has 0 atom stereocenters. The molecule has 0 unspecified atom stereocenters. The summed E-state index contributed by atoms with van der Waals surface area (Å²) in [6.07, 6.45) is 6.31. The summed E-state index contributed by atoms with van der Waals surface area (Å²) in [5, 5.41) is 4.36. The summed E-state index contributed by atoms with van der Waals surface area (Å²) in [7, 11) is 0. The monoisotopic (exact) mass is 258 g/mol. The predicted octanol–water partition coefficient (Wildman–Crippen LogP) is 2.05. The molecule has 0 spiro atoms. The average molecular weight is 258 g/mol. The Labute approximate surface area is 112 Å². The third kappa shape index (κ3) is 2.32. The molecule has 0 radical (unpaired) electrons. The van der Waals surface area contributed by atoms with Gasteiger partial charge in [-0.3, -0.25) is 4.79 Å².